The number of nitrogens with zero attached hydrogens (tertiary/aromatic N) is 1. The van der Waals surface area contributed by atoms with Gasteiger partial charge >= 0.3 is 0 Å². The van der Waals surface area contributed by atoms with Gasteiger partial charge in [-0.2, -0.15) is 4.31 Å². The molecule has 2 aliphatic rings. The van der Waals surface area contributed by atoms with E-state index in [4.69, 9.17) is 10.5 Å². The fourth-order valence-corrected chi connectivity index (χ4v) is 5.15. The lowest BCUT2D eigenvalue weighted by Crippen LogP contribution is -2.51. The van der Waals surface area contributed by atoms with Crippen molar-refractivity contribution in [1.82, 2.24) is 4.31 Å². The molecule has 0 radical (unpaired) electrons. The molecule has 1 heterocycles. The first-order chi connectivity index (χ1) is 9.50. The molecular formula is C14H20N2O3S. The van der Waals surface area contributed by atoms with Gasteiger partial charge in [0.05, 0.1) is 23.6 Å². The summed E-state index contributed by atoms with van der Waals surface area (Å²) in [4.78, 5) is 0.360. The zero-order valence-electron chi connectivity index (χ0n) is 11.6. The number of hydrogen-bond donors (Lipinski definition) is 1. The second kappa shape index (κ2) is 5.02. The van der Waals surface area contributed by atoms with Crippen LogP contribution in [-0.2, 0) is 14.8 Å². The average molecular weight is 296 g/mol. The summed E-state index contributed by atoms with van der Waals surface area (Å²) in [7, 11) is -3.47. The van der Waals surface area contributed by atoms with Crippen molar-refractivity contribution in [1.29, 1.82) is 0 Å². The lowest BCUT2D eigenvalue weighted by atomic mass is 10.2. The summed E-state index contributed by atoms with van der Waals surface area (Å²) >= 11 is 0. The standard InChI is InChI=1S/C14H20N2O3S/c1-10-9-11(15)5-6-14(10)20(17,18)16-7-8-19-13-4-2-3-12(13)16/h5-6,9,12-13H,2-4,7-8,15H2,1H3. The number of ether oxygens (including phenoxy) is 1. The maximum Gasteiger partial charge on any atom is 0.243 e. The number of rotatable bonds is 2. The maximum absolute atomic E-state index is 12.9. The summed E-state index contributed by atoms with van der Waals surface area (Å²) < 4.78 is 33.1. The van der Waals surface area contributed by atoms with Gasteiger partial charge in [0.25, 0.3) is 0 Å². The van der Waals surface area contributed by atoms with Gasteiger partial charge in [-0.05, 0) is 49.9 Å². The molecule has 3 rings (SSSR count). The first kappa shape index (κ1) is 13.9. The van der Waals surface area contributed by atoms with Crippen LogP contribution in [0.4, 0.5) is 5.69 Å². The van der Waals surface area contributed by atoms with Gasteiger partial charge in [0.2, 0.25) is 10.0 Å². The Hall–Kier alpha value is -1.11. The van der Waals surface area contributed by atoms with Crippen molar-refractivity contribution in [2.75, 3.05) is 18.9 Å². The Morgan fingerprint density at radius 1 is 1.35 bits per heavy atom. The number of morpholine rings is 1. The highest BCUT2D eigenvalue weighted by Gasteiger charge is 2.42. The number of aryl methyl sites for hydroxylation is 1. The zero-order chi connectivity index (χ0) is 14.3. The minimum atomic E-state index is -3.47. The third kappa shape index (κ3) is 2.21. The summed E-state index contributed by atoms with van der Waals surface area (Å²) in [6, 6.07) is 4.96. The molecule has 0 bridgehead atoms. The van der Waals surface area contributed by atoms with E-state index in [-0.39, 0.29) is 12.1 Å². The van der Waals surface area contributed by atoms with E-state index in [2.05, 4.69) is 0 Å². The highest BCUT2D eigenvalue weighted by Crippen LogP contribution is 2.34. The van der Waals surface area contributed by atoms with Crippen LogP contribution in [0.3, 0.4) is 0 Å². The van der Waals surface area contributed by atoms with Crippen molar-refractivity contribution >= 4 is 15.7 Å². The van der Waals surface area contributed by atoms with Gasteiger partial charge in [0.1, 0.15) is 0 Å². The summed E-state index contributed by atoms with van der Waals surface area (Å²) in [5, 5.41) is 0. The predicted molar refractivity (Wildman–Crippen MR) is 76.9 cm³/mol. The Balaban J connectivity index is 1.98. The molecule has 1 aromatic carbocycles. The predicted octanol–water partition coefficient (Wildman–Crippen LogP) is 1.52. The summed E-state index contributed by atoms with van der Waals surface area (Å²) in [6.07, 6.45) is 2.94. The molecule has 6 heteroatoms. The van der Waals surface area contributed by atoms with E-state index in [1.54, 1.807) is 29.4 Å². The van der Waals surface area contributed by atoms with Crippen LogP contribution >= 0.6 is 0 Å². The van der Waals surface area contributed by atoms with Crippen LogP contribution in [0.15, 0.2) is 23.1 Å². The number of anilines is 1. The van der Waals surface area contributed by atoms with Crippen LogP contribution in [0.1, 0.15) is 24.8 Å². The summed E-state index contributed by atoms with van der Waals surface area (Å²) in [5.74, 6) is 0. The van der Waals surface area contributed by atoms with Crippen LogP contribution < -0.4 is 5.73 Å². The van der Waals surface area contributed by atoms with Crippen molar-refractivity contribution in [3.05, 3.63) is 23.8 Å². The van der Waals surface area contributed by atoms with Gasteiger partial charge in [-0.1, -0.05) is 0 Å². The van der Waals surface area contributed by atoms with Crippen molar-refractivity contribution in [3.63, 3.8) is 0 Å². The highest BCUT2D eigenvalue weighted by molar-refractivity contribution is 7.89. The number of sulfonamides is 1. The molecule has 110 valence electrons. The molecule has 0 amide bonds. The second-order valence-corrected chi connectivity index (χ2v) is 7.41. The fourth-order valence-electron chi connectivity index (χ4n) is 3.28. The Kier molecular flexibility index (Phi) is 3.48. The van der Waals surface area contributed by atoms with Crippen LogP contribution in [0.25, 0.3) is 0 Å². The van der Waals surface area contributed by atoms with Gasteiger partial charge in [0, 0.05) is 12.2 Å². The number of fused-ring (bicyclic) bond motifs is 1. The Morgan fingerprint density at radius 3 is 2.90 bits per heavy atom. The molecule has 20 heavy (non-hydrogen) atoms. The van der Waals surface area contributed by atoms with Gasteiger partial charge in [-0.15, -0.1) is 0 Å². The van der Waals surface area contributed by atoms with E-state index in [0.717, 1.165) is 19.3 Å². The smallest absolute Gasteiger partial charge is 0.243 e. The third-order valence-corrected chi connectivity index (χ3v) is 6.30. The Morgan fingerprint density at radius 2 is 2.15 bits per heavy atom. The van der Waals surface area contributed by atoms with E-state index >= 15 is 0 Å². The average Bonchev–Trinajstić information content (AvgIpc) is 2.85. The summed E-state index contributed by atoms with van der Waals surface area (Å²) in [6.45, 7) is 2.71. The molecule has 0 aromatic heterocycles. The van der Waals surface area contributed by atoms with E-state index < -0.39 is 10.0 Å². The number of hydrogen-bond acceptors (Lipinski definition) is 4. The lowest BCUT2D eigenvalue weighted by molar-refractivity contribution is -0.0241. The molecule has 5 nitrogen and oxygen atoms in total. The number of nitrogen functional groups attached to an aromatic ring is 1. The zero-order valence-corrected chi connectivity index (χ0v) is 12.4. The van der Waals surface area contributed by atoms with E-state index in [0.29, 0.717) is 29.3 Å². The second-order valence-electron chi connectivity index (χ2n) is 5.55. The highest BCUT2D eigenvalue weighted by atomic mass is 32.2. The first-order valence-electron chi connectivity index (χ1n) is 7.00. The minimum Gasteiger partial charge on any atom is -0.399 e. The molecule has 2 N–H and O–H groups in total. The molecule has 1 aromatic rings. The van der Waals surface area contributed by atoms with Gasteiger partial charge in [0.15, 0.2) is 0 Å². The molecule has 1 saturated carbocycles. The van der Waals surface area contributed by atoms with Crippen LogP contribution in [0, 0.1) is 6.92 Å². The molecule has 2 atom stereocenters. The Bertz CT molecular complexity index is 615. The van der Waals surface area contributed by atoms with Gasteiger partial charge in [-0.25, -0.2) is 8.42 Å². The minimum absolute atomic E-state index is 0.00861. The van der Waals surface area contributed by atoms with Crippen molar-refractivity contribution in [2.24, 2.45) is 0 Å². The Labute approximate surface area is 119 Å². The van der Waals surface area contributed by atoms with Gasteiger partial charge < -0.3 is 10.5 Å². The molecule has 2 fully saturated rings. The van der Waals surface area contributed by atoms with Crippen molar-refractivity contribution in [3.8, 4) is 0 Å². The van der Waals surface area contributed by atoms with Gasteiger partial charge in [-0.3, -0.25) is 0 Å². The van der Waals surface area contributed by atoms with Crippen molar-refractivity contribution < 1.29 is 13.2 Å². The fraction of sp³-hybridized carbons (Fsp3) is 0.571. The normalized spacial score (nSPS) is 27.4. The SMILES string of the molecule is Cc1cc(N)ccc1S(=O)(=O)N1CCOC2CCCC21. The molecule has 1 aliphatic heterocycles. The van der Waals surface area contributed by atoms with Crippen LogP contribution in [-0.4, -0.2) is 38.0 Å². The van der Waals surface area contributed by atoms with Crippen LogP contribution in [0.5, 0.6) is 0 Å². The number of nitrogens with two attached hydrogens (primary N) is 1. The first-order valence-corrected chi connectivity index (χ1v) is 8.44. The quantitative estimate of drug-likeness (QED) is 0.840. The monoisotopic (exact) mass is 296 g/mol. The van der Waals surface area contributed by atoms with Crippen LogP contribution in [0.2, 0.25) is 0 Å². The third-order valence-electron chi connectivity index (χ3n) is 4.22. The largest absolute Gasteiger partial charge is 0.399 e. The lowest BCUT2D eigenvalue weighted by Gasteiger charge is -2.36. The maximum atomic E-state index is 12.9. The molecule has 1 saturated heterocycles. The molecule has 0 spiro atoms. The van der Waals surface area contributed by atoms with E-state index in [1.165, 1.54) is 0 Å². The molecular weight excluding hydrogens is 276 g/mol. The van der Waals surface area contributed by atoms with Crippen molar-refractivity contribution in [2.45, 2.75) is 43.2 Å². The van der Waals surface area contributed by atoms with E-state index in [9.17, 15) is 8.42 Å². The molecule has 2 unspecified atom stereocenters. The molecule has 1 aliphatic carbocycles. The topological polar surface area (TPSA) is 72.6 Å². The summed E-state index contributed by atoms with van der Waals surface area (Å²) in [5.41, 5.74) is 6.99. The van der Waals surface area contributed by atoms with E-state index in [1.807, 2.05) is 0 Å². The number of benzene rings is 1.